The zero-order chi connectivity index (χ0) is 14.5. The number of halogens is 2. The molecule has 2 aromatic rings. The minimum absolute atomic E-state index is 0.319. The lowest BCUT2D eigenvalue weighted by atomic mass is 10.1. The van der Waals surface area contributed by atoms with Gasteiger partial charge in [-0.25, -0.2) is 8.78 Å². The molecule has 1 aromatic heterocycles. The van der Waals surface area contributed by atoms with Gasteiger partial charge in [0.25, 0.3) is 0 Å². The van der Waals surface area contributed by atoms with Gasteiger partial charge in [-0.15, -0.1) is 0 Å². The Morgan fingerprint density at radius 3 is 2.70 bits per heavy atom. The van der Waals surface area contributed by atoms with Gasteiger partial charge in [-0.2, -0.15) is 0 Å². The molecule has 1 heterocycles. The normalized spacial score (nSPS) is 12.6. The number of nitrogens with one attached hydrogen (secondary N) is 1. The maximum atomic E-state index is 13.6. The maximum absolute atomic E-state index is 13.6. The van der Waals surface area contributed by atoms with E-state index < -0.39 is 11.6 Å². The molecule has 108 valence electrons. The molecule has 2 nitrogen and oxygen atoms in total. The van der Waals surface area contributed by atoms with Crippen molar-refractivity contribution in [1.82, 2.24) is 9.88 Å². The largest absolute Gasteiger partial charge is 0.349 e. The summed E-state index contributed by atoms with van der Waals surface area (Å²) >= 11 is 0. The number of nitrogens with zero attached hydrogens (tertiary/aromatic N) is 1. The van der Waals surface area contributed by atoms with Crippen molar-refractivity contribution in [1.29, 1.82) is 0 Å². The Hall–Kier alpha value is -1.68. The maximum Gasteiger partial charge on any atom is 0.131 e. The Bertz CT molecular complexity index is 563. The minimum atomic E-state index is -0.544. The van der Waals surface area contributed by atoms with Gasteiger partial charge in [-0.05, 0) is 31.2 Å². The van der Waals surface area contributed by atoms with E-state index in [1.807, 2.05) is 30.1 Å². The van der Waals surface area contributed by atoms with Crippen molar-refractivity contribution < 1.29 is 8.78 Å². The third kappa shape index (κ3) is 3.45. The lowest BCUT2D eigenvalue weighted by Gasteiger charge is -2.13. The highest BCUT2D eigenvalue weighted by Gasteiger charge is 2.10. The second-order valence-electron chi connectivity index (χ2n) is 4.98. The molecular formula is C16H20F2N2. The SMILES string of the molecule is CCCC(NC)c1ccn(Cc2ccc(F)cc2F)c1. The summed E-state index contributed by atoms with van der Waals surface area (Å²) in [7, 11) is 1.94. The molecule has 0 fully saturated rings. The molecule has 0 spiro atoms. The van der Waals surface area contributed by atoms with Gasteiger partial charge in [0.1, 0.15) is 11.6 Å². The van der Waals surface area contributed by atoms with Gasteiger partial charge in [-0.3, -0.25) is 0 Å². The molecule has 0 saturated carbocycles. The first-order chi connectivity index (χ1) is 9.63. The van der Waals surface area contributed by atoms with Crippen LogP contribution in [0.1, 0.15) is 36.9 Å². The minimum Gasteiger partial charge on any atom is -0.349 e. The molecule has 0 aliphatic heterocycles. The van der Waals surface area contributed by atoms with Gasteiger partial charge in [-0.1, -0.05) is 19.4 Å². The molecule has 2 rings (SSSR count). The number of rotatable bonds is 6. The van der Waals surface area contributed by atoms with E-state index >= 15 is 0 Å². The van der Waals surface area contributed by atoms with E-state index in [4.69, 9.17) is 0 Å². The summed E-state index contributed by atoms with van der Waals surface area (Å²) < 4.78 is 28.4. The Morgan fingerprint density at radius 1 is 1.25 bits per heavy atom. The monoisotopic (exact) mass is 278 g/mol. The van der Waals surface area contributed by atoms with Crippen molar-refractivity contribution in [2.45, 2.75) is 32.4 Å². The van der Waals surface area contributed by atoms with Crippen LogP contribution in [0.25, 0.3) is 0 Å². The summed E-state index contributed by atoms with van der Waals surface area (Å²) in [4.78, 5) is 0. The van der Waals surface area contributed by atoms with Crippen molar-refractivity contribution in [2.24, 2.45) is 0 Å². The van der Waals surface area contributed by atoms with Crippen molar-refractivity contribution in [3.63, 3.8) is 0 Å². The second-order valence-corrected chi connectivity index (χ2v) is 4.98. The van der Waals surface area contributed by atoms with E-state index in [-0.39, 0.29) is 0 Å². The van der Waals surface area contributed by atoms with Crippen LogP contribution in [0.15, 0.2) is 36.7 Å². The number of hydrogen-bond acceptors (Lipinski definition) is 1. The predicted octanol–water partition coefficient (Wildman–Crippen LogP) is 3.88. The standard InChI is InChI=1S/C16H20F2N2/c1-3-4-16(19-2)13-7-8-20(11-13)10-12-5-6-14(17)9-15(12)18/h5-9,11,16,19H,3-4,10H2,1-2H3. The molecule has 0 amide bonds. The van der Waals surface area contributed by atoms with Crippen LogP contribution in [0.4, 0.5) is 8.78 Å². The van der Waals surface area contributed by atoms with Crippen LogP contribution in [-0.4, -0.2) is 11.6 Å². The summed E-state index contributed by atoms with van der Waals surface area (Å²) in [5, 5.41) is 3.28. The topological polar surface area (TPSA) is 17.0 Å². The first kappa shape index (κ1) is 14.7. The number of hydrogen-bond donors (Lipinski definition) is 1. The summed E-state index contributed by atoms with van der Waals surface area (Å²) in [5.74, 6) is -1.04. The van der Waals surface area contributed by atoms with E-state index in [9.17, 15) is 8.78 Å². The number of aromatic nitrogens is 1. The zero-order valence-corrected chi connectivity index (χ0v) is 11.9. The van der Waals surface area contributed by atoms with Gasteiger partial charge >= 0.3 is 0 Å². The fourth-order valence-corrected chi connectivity index (χ4v) is 2.38. The summed E-state index contributed by atoms with van der Waals surface area (Å²) in [5.41, 5.74) is 1.68. The van der Waals surface area contributed by atoms with Crippen LogP contribution in [-0.2, 0) is 6.54 Å². The second kappa shape index (κ2) is 6.66. The summed E-state index contributed by atoms with van der Waals surface area (Å²) in [6, 6.07) is 6.06. The molecule has 1 unspecified atom stereocenters. The van der Waals surface area contributed by atoms with Crippen LogP contribution in [0.2, 0.25) is 0 Å². The van der Waals surface area contributed by atoms with Crippen LogP contribution in [0.5, 0.6) is 0 Å². The molecule has 1 aromatic carbocycles. The molecule has 4 heteroatoms. The molecule has 1 atom stereocenters. The van der Waals surface area contributed by atoms with Gasteiger partial charge in [0, 0.05) is 36.6 Å². The van der Waals surface area contributed by atoms with Gasteiger partial charge in [0.2, 0.25) is 0 Å². The molecule has 0 radical (unpaired) electrons. The van der Waals surface area contributed by atoms with Crippen molar-refractivity contribution in [3.05, 3.63) is 59.4 Å². The molecule has 0 bridgehead atoms. The molecule has 0 saturated heterocycles. The summed E-state index contributed by atoms with van der Waals surface area (Å²) in [6.45, 7) is 2.56. The average Bonchev–Trinajstić information content (AvgIpc) is 2.87. The molecule has 0 aliphatic carbocycles. The average molecular weight is 278 g/mol. The molecule has 0 aliphatic rings. The first-order valence-corrected chi connectivity index (χ1v) is 6.91. The van der Waals surface area contributed by atoms with Crippen LogP contribution in [0.3, 0.4) is 0 Å². The van der Waals surface area contributed by atoms with E-state index in [1.54, 1.807) is 0 Å². The molecular weight excluding hydrogens is 258 g/mol. The zero-order valence-electron chi connectivity index (χ0n) is 11.9. The van der Waals surface area contributed by atoms with Crippen LogP contribution >= 0.6 is 0 Å². The van der Waals surface area contributed by atoms with Gasteiger partial charge in [0.15, 0.2) is 0 Å². The van der Waals surface area contributed by atoms with Crippen LogP contribution < -0.4 is 5.32 Å². The Morgan fingerprint density at radius 2 is 2.05 bits per heavy atom. The predicted molar refractivity (Wildman–Crippen MR) is 76.6 cm³/mol. The van der Waals surface area contributed by atoms with Gasteiger partial charge in [0.05, 0.1) is 0 Å². The van der Waals surface area contributed by atoms with E-state index in [0.29, 0.717) is 18.2 Å². The molecule has 1 N–H and O–H groups in total. The lowest BCUT2D eigenvalue weighted by molar-refractivity contribution is 0.539. The van der Waals surface area contributed by atoms with Crippen molar-refractivity contribution in [2.75, 3.05) is 7.05 Å². The Kier molecular flexibility index (Phi) is 4.90. The van der Waals surface area contributed by atoms with Gasteiger partial charge < -0.3 is 9.88 Å². The highest BCUT2D eigenvalue weighted by atomic mass is 19.1. The number of benzene rings is 1. The third-order valence-electron chi connectivity index (χ3n) is 3.47. The Balaban J connectivity index is 2.12. The smallest absolute Gasteiger partial charge is 0.131 e. The highest BCUT2D eigenvalue weighted by Crippen LogP contribution is 2.19. The third-order valence-corrected chi connectivity index (χ3v) is 3.47. The summed E-state index contributed by atoms with van der Waals surface area (Å²) in [6.07, 6.45) is 6.10. The van der Waals surface area contributed by atoms with Crippen LogP contribution in [0, 0.1) is 11.6 Å². The quantitative estimate of drug-likeness (QED) is 0.848. The molecule has 20 heavy (non-hydrogen) atoms. The van der Waals surface area contributed by atoms with Crippen molar-refractivity contribution >= 4 is 0 Å². The van der Waals surface area contributed by atoms with E-state index in [2.05, 4.69) is 12.2 Å². The van der Waals surface area contributed by atoms with E-state index in [0.717, 1.165) is 18.9 Å². The van der Waals surface area contributed by atoms with Crippen molar-refractivity contribution in [3.8, 4) is 0 Å². The first-order valence-electron chi connectivity index (χ1n) is 6.91. The fourth-order valence-electron chi connectivity index (χ4n) is 2.38. The lowest BCUT2D eigenvalue weighted by Crippen LogP contribution is -2.15. The fraction of sp³-hybridized carbons (Fsp3) is 0.375. The highest BCUT2D eigenvalue weighted by molar-refractivity contribution is 5.21. The van der Waals surface area contributed by atoms with E-state index in [1.165, 1.54) is 17.7 Å². The Labute approximate surface area is 118 Å².